The van der Waals surface area contributed by atoms with Crippen LogP contribution in [0.2, 0.25) is 0 Å². The molecule has 2 fully saturated rings. The van der Waals surface area contributed by atoms with E-state index in [-0.39, 0.29) is 60.4 Å². The lowest BCUT2D eigenvalue weighted by Crippen LogP contribution is -2.47. The van der Waals surface area contributed by atoms with Gasteiger partial charge in [-0.15, -0.1) is 0 Å². The van der Waals surface area contributed by atoms with Crippen molar-refractivity contribution in [1.29, 1.82) is 0 Å². The van der Waals surface area contributed by atoms with E-state index >= 15 is 0 Å². The molecule has 0 bridgehead atoms. The smallest absolute Gasteiger partial charge is 0.288 e. The van der Waals surface area contributed by atoms with Crippen molar-refractivity contribution in [2.75, 3.05) is 82.8 Å². The summed E-state index contributed by atoms with van der Waals surface area (Å²) in [5.41, 5.74) is 1.68. The van der Waals surface area contributed by atoms with Crippen LogP contribution in [0.3, 0.4) is 0 Å². The van der Waals surface area contributed by atoms with Crippen molar-refractivity contribution in [3.8, 4) is 23.0 Å². The molecule has 286 valence electrons. The van der Waals surface area contributed by atoms with Crippen LogP contribution < -0.4 is 29.6 Å². The highest BCUT2D eigenvalue weighted by molar-refractivity contribution is 7.86. The van der Waals surface area contributed by atoms with E-state index in [1.807, 2.05) is 4.90 Å². The Morgan fingerprint density at radius 3 is 1.98 bits per heavy atom. The third kappa shape index (κ3) is 8.09. The molecule has 52 heavy (non-hydrogen) atoms. The molecule has 0 aliphatic carbocycles. The summed E-state index contributed by atoms with van der Waals surface area (Å²) in [4.78, 5) is 30.0. The van der Waals surface area contributed by atoms with E-state index in [4.69, 9.17) is 18.9 Å². The van der Waals surface area contributed by atoms with Gasteiger partial charge in [0.2, 0.25) is 0 Å². The van der Waals surface area contributed by atoms with E-state index in [1.165, 1.54) is 31.3 Å². The van der Waals surface area contributed by atoms with Gasteiger partial charge in [0, 0.05) is 62.9 Å². The van der Waals surface area contributed by atoms with Crippen molar-refractivity contribution in [1.82, 2.24) is 9.80 Å². The predicted octanol–water partition coefficient (Wildman–Crippen LogP) is 3.96. The van der Waals surface area contributed by atoms with Gasteiger partial charge in [-0.05, 0) is 57.1 Å². The number of carbonyl (C=O) groups is 2. The zero-order valence-electron chi connectivity index (χ0n) is 29.7. The molecule has 2 amide bonds. The Bertz CT molecular complexity index is 1810. The van der Waals surface area contributed by atoms with Gasteiger partial charge >= 0.3 is 0 Å². The maximum absolute atomic E-state index is 14.0. The van der Waals surface area contributed by atoms with Crippen LogP contribution in [0.25, 0.3) is 0 Å². The summed E-state index contributed by atoms with van der Waals surface area (Å²) < 4.78 is 71.9. The average molecular weight is 765 g/mol. The number of hydrogen-bond acceptors (Lipinski definition) is 12. The minimum absolute atomic E-state index is 0.0143. The molecule has 4 N–H and O–H groups in total. The Labute approximate surface area is 304 Å². The molecule has 6 rings (SSSR count). The summed E-state index contributed by atoms with van der Waals surface area (Å²) in [6.45, 7) is 2.16. The second-order valence-electron chi connectivity index (χ2n) is 13.8. The molecule has 2 unspecified atom stereocenters. The van der Waals surface area contributed by atoms with Crippen LogP contribution in [0.1, 0.15) is 65.7 Å². The van der Waals surface area contributed by atoms with Crippen molar-refractivity contribution in [2.45, 2.75) is 62.4 Å². The molecule has 15 nitrogen and oxygen atoms in total. The van der Waals surface area contributed by atoms with Crippen LogP contribution in [0.15, 0.2) is 24.3 Å². The largest absolute Gasteiger partial charge is 0.493 e. The summed E-state index contributed by atoms with van der Waals surface area (Å²) >= 11 is 0. The van der Waals surface area contributed by atoms with Gasteiger partial charge in [0.1, 0.15) is 0 Å². The lowest BCUT2D eigenvalue weighted by molar-refractivity contribution is 0.0737. The SMILES string of the molecule is COc1cc2c(cc1OCCCP(=O)(CCCO)CCCOc1cc3c(cc1OC)C(=O)N1CCC[C@H]1C(S(=O)(=O)O)N3)NC[C@@H]1CCCN1C2=O. The number of nitrogens with one attached hydrogen (secondary N) is 2. The third-order valence-electron chi connectivity index (χ3n) is 10.4. The van der Waals surface area contributed by atoms with E-state index in [0.29, 0.717) is 86.4 Å². The maximum atomic E-state index is 14.0. The standard InChI is InChI=1S/C35H49N4O11PS/c1-47-29-18-24-26(36-22-23-8-3-10-38(23)34(24)41)20-31(29)49-13-6-16-51(43,15-5-12-40)17-7-14-50-32-21-27-25(19-30(32)48-2)35(42)39-11-4-9-28(39)33(37-27)52(44,45)46/h18-21,23,28,33,36-37,40H,3-17,22H2,1-2H3,(H,44,45,46)/t23-,28-,33?,51?/m0/s1. The molecule has 4 aliphatic rings. The lowest BCUT2D eigenvalue weighted by atomic mass is 10.1. The lowest BCUT2D eigenvalue weighted by Gasteiger charge is -2.27. The van der Waals surface area contributed by atoms with E-state index in [2.05, 4.69) is 10.6 Å². The minimum Gasteiger partial charge on any atom is -0.493 e. The number of nitrogens with zero attached hydrogens (tertiary/aromatic N) is 2. The molecule has 4 aliphatic heterocycles. The van der Waals surface area contributed by atoms with Gasteiger partial charge in [-0.25, -0.2) is 0 Å². The van der Waals surface area contributed by atoms with Crippen LogP contribution in [0.5, 0.6) is 23.0 Å². The predicted molar refractivity (Wildman–Crippen MR) is 196 cm³/mol. The van der Waals surface area contributed by atoms with Crippen molar-refractivity contribution >= 4 is 40.4 Å². The number of amides is 2. The number of anilines is 2. The third-order valence-corrected chi connectivity index (χ3v) is 14.9. The molecule has 0 spiro atoms. The summed E-state index contributed by atoms with van der Waals surface area (Å²) in [6, 6.07) is 5.97. The fraction of sp³-hybridized carbons (Fsp3) is 0.600. The highest BCUT2D eigenvalue weighted by atomic mass is 32.2. The Morgan fingerprint density at radius 2 is 1.37 bits per heavy atom. The van der Waals surface area contributed by atoms with E-state index in [9.17, 15) is 32.2 Å². The quantitative estimate of drug-likeness (QED) is 0.109. The molecule has 2 aromatic rings. The second-order valence-corrected chi connectivity index (χ2v) is 18.8. The molecule has 0 saturated carbocycles. The first-order chi connectivity index (χ1) is 25.0. The van der Waals surface area contributed by atoms with Gasteiger partial charge in [0.15, 0.2) is 28.4 Å². The van der Waals surface area contributed by atoms with Gasteiger partial charge in [-0.3, -0.25) is 14.1 Å². The van der Waals surface area contributed by atoms with Gasteiger partial charge < -0.3 is 49.1 Å². The Balaban J connectivity index is 1.06. The van der Waals surface area contributed by atoms with Gasteiger partial charge in [0.05, 0.1) is 63.1 Å². The highest BCUT2D eigenvalue weighted by Gasteiger charge is 2.45. The van der Waals surface area contributed by atoms with Crippen LogP contribution in [-0.2, 0) is 14.7 Å². The summed E-state index contributed by atoms with van der Waals surface area (Å²) in [7, 11) is -4.30. The molecular formula is C35H49N4O11PS. The van der Waals surface area contributed by atoms with E-state index < -0.39 is 28.7 Å². The summed E-state index contributed by atoms with van der Waals surface area (Å²) in [6.07, 6.45) is 5.48. The number of fused-ring (bicyclic) bond motifs is 4. The molecule has 2 saturated heterocycles. The first-order valence-electron chi connectivity index (χ1n) is 17.9. The molecule has 4 atom stereocenters. The molecule has 2 aromatic carbocycles. The zero-order chi connectivity index (χ0) is 37.0. The Kier molecular flexibility index (Phi) is 11.8. The van der Waals surface area contributed by atoms with Crippen LogP contribution in [0.4, 0.5) is 11.4 Å². The monoisotopic (exact) mass is 764 g/mol. The number of aliphatic hydroxyl groups excluding tert-OH is 1. The van der Waals surface area contributed by atoms with Crippen molar-refractivity contribution in [3.05, 3.63) is 35.4 Å². The number of benzene rings is 2. The average Bonchev–Trinajstić information content (AvgIpc) is 3.77. The second kappa shape index (κ2) is 16.1. The van der Waals surface area contributed by atoms with Gasteiger partial charge in [0.25, 0.3) is 21.9 Å². The van der Waals surface area contributed by atoms with Crippen LogP contribution in [0, 0.1) is 0 Å². The minimum atomic E-state index is -4.54. The molecule has 4 heterocycles. The molecule has 0 aromatic heterocycles. The number of hydrogen-bond donors (Lipinski definition) is 4. The fourth-order valence-electron chi connectivity index (χ4n) is 7.78. The molecule has 0 radical (unpaired) electrons. The van der Waals surface area contributed by atoms with Crippen molar-refractivity contribution < 1.29 is 51.2 Å². The highest BCUT2D eigenvalue weighted by Crippen LogP contribution is 2.48. The Hall–Kier alpha value is -3.72. The first kappa shape index (κ1) is 38.0. The van der Waals surface area contributed by atoms with E-state index in [0.717, 1.165) is 19.4 Å². The van der Waals surface area contributed by atoms with Crippen LogP contribution >= 0.6 is 7.14 Å². The van der Waals surface area contributed by atoms with Gasteiger partial charge in [-0.1, -0.05) is 0 Å². The number of rotatable bonds is 16. The zero-order valence-corrected chi connectivity index (χ0v) is 31.4. The fourth-order valence-corrected chi connectivity index (χ4v) is 11.5. The topological polar surface area (TPSA) is 193 Å². The maximum Gasteiger partial charge on any atom is 0.288 e. The van der Waals surface area contributed by atoms with E-state index in [1.54, 1.807) is 12.1 Å². The normalized spacial score (nSPS) is 22.1. The summed E-state index contributed by atoms with van der Waals surface area (Å²) in [5, 5.41) is 14.4. The van der Waals surface area contributed by atoms with Crippen LogP contribution in [-0.4, -0.2) is 129 Å². The number of ether oxygens (including phenoxy) is 4. The van der Waals surface area contributed by atoms with Gasteiger partial charge in [-0.2, -0.15) is 8.42 Å². The molecular weight excluding hydrogens is 715 g/mol. The number of methoxy groups -OCH3 is 2. The number of carbonyl (C=O) groups excluding carboxylic acids is 2. The Morgan fingerprint density at radius 1 is 0.808 bits per heavy atom. The first-order valence-corrected chi connectivity index (χ1v) is 21.7. The summed E-state index contributed by atoms with van der Waals surface area (Å²) in [5.74, 6) is 1.12. The molecule has 17 heteroatoms. The number of aliphatic hydroxyl groups is 1. The van der Waals surface area contributed by atoms with Crippen molar-refractivity contribution in [3.63, 3.8) is 0 Å². The van der Waals surface area contributed by atoms with Crippen molar-refractivity contribution in [2.24, 2.45) is 0 Å².